The minimum Gasteiger partial charge on any atom is -0.320 e. The van der Waals surface area contributed by atoms with Gasteiger partial charge in [-0.2, -0.15) is 0 Å². The first kappa shape index (κ1) is 11.7. The van der Waals surface area contributed by atoms with Crippen LogP contribution in [0.15, 0.2) is 49.1 Å². The summed E-state index contributed by atoms with van der Waals surface area (Å²) in [4.78, 5) is 12.2. The molecule has 2 aromatic heterocycles. The van der Waals surface area contributed by atoms with Crippen molar-refractivity contribution in [2.45, 2.75) is 6.04 Å². The molecular formula is C14H11FN4. The van der Waals surface area contributed by atoms with Gasteiger partial charge in [0.25, 0.3) is 0 Å². The van der Waals surface area contributed by atoms with Crippen molar-refractivity contribution in [2.24, 2.45) is 5.73 Å². The van der Waals surface area contributed by atoms with E-state index < -0.39 is 11.9 Å². The van der Waals surface area contributed by atoms with E-state index in [2.05, 4.69) is 15.0 Å². The monoisotopic (exact) mass is 254 g/mol. The minimum atomic E-state index is -0.594. The maximum Gasteiger partial charge on any atom is 0.146 e. The normalized spacial score (nSPS) is 12.5. The average molecular weight is 254 g/mol. The Hall–Kier alpha value is -2.40. The number of nitrogens with zero attached hydrogens (tertiary/aromatic N) is 3. The zero-order chi connectivity index (χ0) is 13.2. The Balaban J connectivity index is 2.17. The van der Waals surface area contributed by atoms with Gasteiger partial charge in [-0.1, -0.05) is 12.1 Å². The van der Waals surface area contributed by atoms with E-state index in [0.717, 1.165) is 17.3 Å². The van der Waals surface area contributed by atoms with Crippen LogP contribution in [0.1, 0.15) is 17.2 Å². The van der Waals surface area contributed by atoms with Crippen LogP contribution in [0.3, 0.4) is 0 Å². The number of benzene rings is 1. The number of hydrogen-bond acceptors (Lipinski definition) is 4. The van der Waals surface area contributed by atoms with E-state index in [4.69, 9.17) is 5.73 Å². The SMILES string of the molecule is NC(c1ccncc1F)c1cccc2nccnc12. The molecule has 94 valence electrons. The van der Waals surface area contributed by atoms with Gasteiger partial charge in [0, 0.05) is 29.7 Å². The van der Waals surface area contributed by atoms with Crippen molar-refractivity contribution in [1.82, 2.24) is 15.0 Å². The molecule has 1 unspecified atom stereocenters. The molecule has 19 heavy (non-hydrogen) atoms. The zero-order valence-corrected chi connectivity index (χ0v) is 9.99. The second-order valence-electron chi connectivity index (χ2n) is 4.15. The number of hydrogen-bond donors (Lipinski definition) is 1. The average Bonchev–Trinajstić information content (AvgIpc) is 2.46. The van der Waals surface area contributed by atoms with Crippen LogP contribution in [-0.4, -0.2) is 15.0 Å². The standard InChI is InChI=1S/C14H11FN4/c15-11-8-17-5-4-9(11)13(16)10-2-1-3-12-14(10)19-7-6-18-12/h1-8,13H,16H2. The van der Waals surface area contributed by atoms with E-state index in [0.29, 0.717) is 11.1 Å². The number of halogens is 1. The molecule has 0 aliphatic carbocycles. The molecule has 0 radical (unpaired) electrons. The van der Waals surface area contributed by atoms with Crippen molar-refractivity contribution < 1.29 is 4.39 Å². The molecule has 0 spiro atoms. The van der Waals surface area contributed by atoms with Crippen molar-refractivity contribution in [3.63, 3.8) is 0 Å². The molecule has 1 atom stereocenters. The van der Waals surface area contributed by atoms with Crippen molar-refractivity contribution in [1.29, 1.82) is 0 Å². The van der Waals surface area contributed by atoms with Gasteiger partial charge in [-0.15, -0.1) is 0 Å². The van der Waals surface area contributed by atoms with Crippen LogP contribution in [0.4, 0.5) is 4.39 Å². The lowest BCUT2D eigenvalue weighted by atomic mass is 9.99. The highest BCUT2D eigenvalue weighted by molar-refractivity contribution is 5.78. The predicted octanol–water partition coefficient (Wildman–Crippen LogP) is 2.21. The topological polar surface area (TPSA) is 64.7 Å². The van der Waals surface area contributed by atoms with Crippen molar-refractivity contribution in [3.8, 4) is 0 Å². The van der Waals surface area contributed by atoms with Crippen LogP contribution in [0.5, 0.6) is 0 Å². The molecule has 2 heterocycles. The molecule has 0 saturated heterocycles. The fraction of sp³-hybridized carbons (Fsp3) is 0.0714. The van der Waals surface area contributed by atoms with Crippen LogP contribution < -0.4 is 5.73 Å². The van der Waals surface area contributed by atoms with Gasteiger partial charge in [0.1, 0.15) is 5.82 Å². The largest absolute Gasteiger partial charge is 0.320 e. The molecule has 0 bridgehead atoms. The van der Waals surface area contributed by atoms with Gasteiger partial charge in [-0.05, 0) is 12.1 Å². The molecule has 0 aliphatic heterocycles. The van der Waals surface area contributed by atoms with E-state index in [-0.39, 0.29) is 0 Å². The van der Waals surface area contributed by atoms with Gasteiger partial charge >= 0.3 is 0 Å². The number of fused-ring (bicyclic) bond motifs is 1. The second kappa shape index (κ2) is 4.70. The summed E-state index contributed by atoms with van der Waals surface area (Å²) in [6.07, 6.45) is 5.90. The Morgan fingerprint density at radius 3 is 2.68 bits per heavy atom. The van der Waals surface area contributed by atoms with Crippen LogP contribution >= 0.6 is 0 Å². The number of pyridine rings is 1. The van der Waals surface area contributed by atoms with E-state index >= 15 is 0 Å². The smallest absolute Gasteiger partial charge is 0.146 e. The highest BCUT2D eigenvalue weighted by Gasteiger charge is 2.16. The molecule has 4 nitrogen and oxygen atoms in total. The Labute approximate surface area is 109 Å². The van der Waals surface area contributed by atoms with Gasteiger partial charge in [0.15, 0.2) is 0 Å². The van der Waals surface area contributed by atoms with E-state index in [1.165, 1.54) is 6.20 Å². The quantitative estimate of drug-likeness (QED) is 0.761. The highest BCUT2D eigenvalue weighted by Crippen LogP contribution is 2.26. The van der Waals surface area contributed by atoms with E-state index in [1.54, 1.807) is 18.5 Å². The summed E-state index contributed by atoms with van der Waals surface area (Å²) in [5, 5.41) is 0. The third kappa shape index (κ3) is 2.04. The molecule has 1 aromatic carbocycles. The lowest BCUT2D eigenvalue weighted by molar-refractivity contribution is 0.593. The molecule has 0 saturated carbocycles. The van der Waals surface area contributed by atoms with E-state index in [1.807, 2.05) is 18.2 Å². The Morgan fingerprint density at radius 1 is 1.00 bits per heavy atom. The first-order chi connectivity index (χ1) is 9.27. The summed E-state index contributed by atoms with van der Waals surface area (Å²) in [7, 11) is 0. The second-order valence-corrected chi connectivity index (χ2v) is 4.15. The van der Waals surface area contributed by atoms with Gasteiger partial charge in [0.05, 0.1) is 23.3 Å². The van der Waals surface area contributed by atoms with Gasteiger partial charge in [0.2, 0.25) is 0 Å². The summed E-state index contributed by atoms with van der Waals surface area (Å²) in [6.45, 7) is 0. The number of para-hydroxylation sites is 1. The third-order valence-electron chi connectivity index (χ3n) is 3.00. The van der Waals surface area contributed by atoms with Gasteiger partial charge < -0.3 is 5.73 Å². The summed E-state index contributed by atoms with van der Waals surface area (Å²) >= 11 is 0. The van der Waals surface area contributed by atoms with Crippen molar-refractivity contribution >= 4 is 11.0 Å². The Kier molecular flexibility index (Phi) is 2.89. The first-order valence-electron chi connectivity index (χ1n) is 5.82. The number of rotatable bonds is 2. The van der Waals surface area contributed by atoms with Crippen molar-refractivity contribution in [2.75, 3.05) is 0 Å². The first-order valence-corrected chi connectivity index (χ1v) is 5.82. The summed E-state index contributed by atoms with van der Waals surface area (Å²) in [5.74, 6) is -0.420. The lowest BCUT2D eigenvalue weighted by Gasteiger charge is -2.14. The van der Waals surface area contributed by atoms with Gasteiger partial charge in [-0.3, -0.25) is 15.0 Å². The fourth-order valence-corrected chi connectivity index (χ4v) is 2.07. The Bertz CT molecular complexity index is 724. The summed E-state index contributed by atoms with van der Waals surface area (Å²) in [5.41, 5.74) is 8.72. The lowest BCUT2D eigenvalue weighted by Crippen LogP contribution is -2.14. The maximum absolute atomic E-state index is 13.7. The molecule has 0 aliphatic rings. The number of nitrogens with two attached hydrogens (primary N) is 1. The molecule has 5 heteroatoms. The predicted molar refractivity (Wildman–Crippen MR) is 69.8 cm³/mol. The van der Waals surface area contributed by atoms with Crippen LogP contribution in [0.25, 0.3) is 11.0 Å². The summed E-state index contributed by atoms with van der Waals surface area (Å²) in [6, 6.07) is 6.51. The van der Waals surface area contributed by atoms with E-state index in [9.17, 15) is 4.39 Å². The molecular weight excluding hydrogens is 243 g/mol. The van der Waals surface area contributed by atoms with Crippen LogP contribution in [0, 0.1) is 5.82 Å². The molecule has 3 aromatic rings. The maximum atomic E-state index is 13.7. The number of aromatic nitrogens is 3. The van der Waals surface area contributed by atoms with Gasteiger partial charge in [-0.25, -0.2) is 4.39 Å². The summed E-state index contributed by atoms with van der Waals surface area (Å²) < 4.78 is 13.7. The molecule has 2 N–H and O–H groups in total. The van der Waals surface area contributed by atoms with Crippen molar-refractivity contribution in [3.05, 3.63) is 66.0 Å². The molecule has 3 rings (SSSR count). The zero-order valence-electron chi connectivity index (χ0n) is 9.99. The Morgan fingerprint density at radius 2 is 1.84 bits per heavy atom. The molecule has 0 amide bonds. The minimum absolute atomic E-state index is 0.396. The molecule has 0 fully saturated rings. The third-order valence-corrected chi connectivity index (χ3v) is 3.00. The van der Waals surface area contributed by atoms with Crippen LogP contribution in [0.2, 0.25) is 0 Å². The highest BCUT2D eigenvalue weighted by atomic mass is 19.1. The fourth-order valence-electron chi connectivity index (χ4n) is 2.07. The van der Waals surface area contributed by atoms with Crippen LogP contribution in [-0.2, 0) is 0 Å².